The molecule has 0 radical (unpaired) electrons. The lowest BCUT2D eigenvalue weighted by Crippen LogP contribution is -1.92. The lowest BCUT2D eigenvalue weighted by molar-refractivity contribution is 0.460. The summed E-state index contributed by atoms with van der Waals surface area (Å²) >= 11 is 7.30. The molecular weight excluding hydrogens is 363 g/mol. The van der Waals surface area contributed by atoms with E-state index in [9.17, 15) is 4.39 Å². The normalized spacial score (nSPS) is 10.8. The summed E-state index contributed by atoms with van der Waals surface area (Å²) in [5.74, 6) is 0.560. The van der Waals surface area contributed by atoms with Gasteiger partial charge in [-0.3, -0.25) is 0 Å². The zero-order valence-electron chi connectivity index (χ0n) is 12.6. The number of ether oxygens (including phenoxy) is 1. The minimum atomic E-state index is -0.271. The summed E-state index contributed by atoms with van der Waals surface area (Å²) in [6.07, 6.45) is 3.00. The van der Waals surface area contributed by atoms with E-state index < -0.39 is 0 Å². The molecule has 0 saturated carbocycles. The van der Waals surface area contributed by atoms with E-state index >= 15 is 0 Å². The molecule has 8 heteroatoms. The second-order valence-corrected chi connectivity index (χ2v) is 6.42. The molecule has 0 aliphatic carbocycles. The number of hydrogen-bond donors (Lipinski definition) is 1. The van der Waals surface area contributed by atoms with Crippen LogP contribution in [-0.2, 0) is 0 Å². The third-order valence-electron chi connectivity index (χ3n) is 3.29. The number of thiazole rings is 1. The van der Waals surface area contributed by atoms with E-state index in [1.807, 2.05) is 12.1 Å². The maximum Gasteiger partial charge on any atom is 0.257 e. The van der Waals surface area contributed by atoms with Crippen LogP contribution >= 0.6 is 22.9 Å². The zero-order valence-corrected chi connectivity index (χ0v) is 14.2. The molecule has 25 heavy (non-hydrogen) atoms. The molecule has 0 saturated heterocycles. The minimum Gasteiger partial charge on any atom is -0.436 e. The van der Waals surface area contributed by atoms with Crippen molar-refractivity contribution in [2.24, 2.45) is 0 Å². The van der Waals surface area contributed by atoms with Crippen LogP contribution in [0.4, 0.5) is 15.2 Å². The van der Waals surface area contributed by atoms with Gasteiger partial charge in [-0.15, -0.1) is 0 Å². The summed E-state index contributed by atoms with van der Waals surface area (Å²) in [4.78, 5) is 12.4. The van der Waals surface area contributed by atoms with Gasteiger partial charge in [-0.05, 0) is 42.5 Å². The molecule has 2 aromatic heterocycles. The van der Waals surface area contributed by atoms with Crippen LogP contribution in [0.5, 0.6) is 11.6 Å². The highest BCUT2D eigenvalue weighted by molar-refractivity contribution is 7.22. The zero-order chi connectivity index (χ0) is 17.2. The fourth-order valence-corrected chi connectivity index (χ4v) is 3.22. The average molecular weight is 373 g/mol. The Kier molecular flexibility index (Phi) is 4.17. The SMILES string of the molecule is Fc1ccc2nc(Nc3ccc(Oc4nccnc4Cl)cc3)sc2c1. The first kappa shape index (κ1) is 15.7. The number of aromatic nitrogens is 3. The largest absolute Gasteiger partial charge is 0.436 e. The van der Waals surface area contributed by atoms with Crippen molar-refractivity contribution in [3.05, 3.63) is 65.8 Å². The molecular formula is C17H10ClFN4OS. The first-order chi connectivity index (χ1) is 12.2. The summed E-state index contributed by atoms with van der Waals surface area (Å²) in [5, 5.41) is 4.08. The molecule has 124 valence electrons. The molecule has 2 aromatic carbocycles. The Hall–Kier alpha value is -2.77. The van der Waals surface area contributed by atoms with Crippen LogP contribution in [0.2, 0.25) is 5.15 Å². The van der Waals surface area contributed by atoms with Crippen molar-refractivity contribution in [1.29, 1.82) is 0 Å². The van der Waals surface area contributed by atoms with Gasteiger partial charge in [-0.1, -0.05) is 22.9 Å². The Morgan fingerprint density at radius 2 is 1.84 bits per heavy atom. The summed E-state index contributed by atoms with van der Waals surface area (Å²) in [6, 6.07) is 11.8. The quantitative estimate of drug-likeness (QED) is 0.518. The van der Waals surface area contributed by atoms with Gasteiger partial charge in [0, 0.05) is 18.1 Å². The Bertz CT molecular complexity index is 1040. The predicted octanol–water partition coefficient (Wildman–Crippen LogP) is 5.41. The summed E-state index contributed by atoms with van der Waals surface area (Å²) in [5.41, 5.74) is 1.59. The van der Waals surface area contributed by atoms with E-state index in [-0.39, 0.29) is 16.9 Å². The van der Waals surface area contributed by atoms with Crippen molar-refractivity contribution in [2.75, 3.05) is 5.32 Å². The van der Waals surface area contributed by atoms with Crippen molar-refractivity contribution in [2.45, 2.75) is 0 Å². The van der Waals surface area contributed by atoms with Gasteiger partial charge in [0.1, 0.15) is 11.6 Å². The lowest BCUT2D eigenvalue weighted by atomic mass is 10.3. The van der Waals surface area contributed by atoms with Crippen molar-refractivity contribution in [3.8, 4) is 11.6 Å². The van der Waals surface area contributed by atoms with Crippen LogP contribution in [0.25, 0.3) is 10.2 Å². The molecule has 5 nitrogen and oxygen atoms in total. The average Bonchev–Trinajstić information content (AvgIpc) is 3.00. The van der Waals surface area contributed by atoms with Crippen LogP contribution in [-0.4, -0.2) is 15.0 Å². The third-order valence-corrected chi connectivity index (χ3v) is 4.49. The molecule has 2 heterocycles. The topological polar surface area (TPSA) is 59.9 Å². The molecule has 0 aliphatic rings. The number of benzene rings is 2. The predicted molar refractivity (Wildman–Crippen MR) is 96.4 cm³/mol. The first-order valence-electron chi connectivity index (χ1n) is 7.25. The van der Waals surface area contributed by atoms with Gasteiger partial charge in [-0.2, -0.15) is 0 Å². The van der Waals surface area contributed by atoms with Crippen LogP contribution < -0.4 is 10.1 Å². The van der Waals surface area contributed by atoms with Crippen molar-refractivity contribution in [3.63, 3.8) is 0 Å². The second-order valence-electron chi connectivity index (χ2n) is 5.03. The molecule has 0 aliphatic heterocycles. The maximum atomic E-state index is 13.3. The number of halogens is 2. The molecule has 0 atom stereocenters. The van der Waals surface area contributed by atoms with Gasteiger partial charge >= 0.3 is 0 Å². The molecule has 4 aromatic rings. The van der Waals surface area contributed by atoms with Crippen LogP contribution in [0, 0.1) is 5.82 Å². The van der Waals surface area contributed by atoms with Crippen LogP contribution in [0.1, 0.15) is 0 Å². The molecule has 0 fully saturated rings. The summed E-state index contributed by atoms with van der Waals surface area (Å²) < 4.78 is 19.6. The van der Waals surface area contributed by atoms with Crippen molar-refractivity contribution in [1.82, 2.24) is 15.0 Å². The monoisotopic (exact) mass is 372 g/mol. The van der Waals surface area contributed by atoms with Gasteiger partial charge < -0.3 is 10.1 Å². The molecule has 1 N–H and O–H groups in total. The second kappa shape index (κ2) is 6.62. The molecule has 0 bridgehead atoms. The fourth-order valence-electron chi connectivity index (χ4n) is 2.17. The van der Waals surface area contributed by atoms with E-state index in [2.05, 4.69) is 20.3 Å². The van der Waals surface area contributed by atoms with E-state index in [0.717, 1.165) is 15.9 Å². The van der Waals surface area contributed by atoms with Gasteiger partial charge in [0.25, 0.3) is 5.88 Å². The van der Waals surface area contributed by atoms with Gasteiger partial charge in [0.2, 0.25) is 0 Å². The highest BCUT2D eigenvalue weighted by atomic mass is 35.5. The number of rotatable bonds is 4. The number of anilines is 2. The minimum absolute atomic E-state index is 0.200. The number of nitrogens with one attached hydrogen (secondary N) is 1. The molecule has 0 spiro atoms. The summed E-state index contributed by atoms with van der Waals surface area (Å²) in [7, 11) is 0. The van der Waals surface area contributed by atoms with Gasteiger partial charge in [-0.25, -0.2) is 19.3 Å². The molecule has 4 rings (SSSR count). The third kappa shape index (κ3) is 3.52. The van der Waals surface area contributed by atoms with Crippen LogP contribution in [0.3, 0.4) is 0 Å². The van der Waals surface area contributed by atoms with Crippen LogP contribution in [0.15, 0.2) is 54.9 Å². The van der Waals surface area contributed by atoms with E-state index in [0.29, 0.717) is 10.9 Å². The van der Waals surface area contributed by atoms with E-state index in [4.69, 9.17) is 16.3 Å². The summed E-state index contributed by atoms with van der Waals surface area (Å²) in [6.45, 7) is 0. The van der Waals surface area contributed by atoms with Crippen molar-refractivity contribution < 1.29 is 9.13 Å². The van der Waals surface area contributed by atoms with E-state index in [1.165, 1.54) is 35.9 Å². The Morgan fingerprint density at radius 3 is 2.64 bits per heavy atom. The van der Waals surface area contributed by atoms with Crippen molar-refractivity contribution >= 4 is 44.0 Å². The fraction of sp³-hybridized carbons (Fsp3) is 0. The standard InChI is InChI=1S/C17H10ClFN4OS/c18-15-16(21-8-7-20-15)24-12-4-2-11(3-5-12)22-17-23-13-6-1-10(19)9-14(13)25-17/h1-9H,(H,22,23). The van der Waals surface area contributed by atoms with Gasteiger partial charge in [0.05, 0.1) is 10.2 Å². The number of nitrogens with zero attached hydrogens (tertiary/aromatic N) is 3. The van der Waals surface area contributed by atoms with Gasteiger partial charge in [0.15, 0.2) is 10.3 Å². The highest BCUT2D eigenvalue weighted by Crippen LogP contribution is 2.30. The van der Waals surface area contributed by atoms with E-state index in [1.54, 1.807) is 18.2 Å². The Morgan fingerprint density at radius 1 is 1.04 bits per heavy atom. The Labute approximate surface area is 151 Å². The molecule has 0 amide bonds. The smallest absolute Gasteiger partial charge is 0.257 e. The lowest BCUT2D eigenvalue weighted by Gasteiger charge is -2.07. The number of fused-ring (bicyclic) bond motifs is 1. The Balaban J connectivity index is 1.50. The maximum absolute atomic E-state index is 13.3. The number of hydrogen-bond acceptors (Lipinski definition) is 6. The molecule has 0 unspecified atom stereocenters. The first-order valence-corrected chi connectivity index (χ1v) is 8.44. The highest BCUT2D eigenvalue weighted by Gasteiger charge is 2.07.